The highest BCUT2D eigenvalue weighted by Crippen LogP contribution is 2.29. The number of halogens is 5. The lowest BCUT2D eigenvalue weighted by atomic mass is 9.87. The van der Waals surface area contributed by atoms with Crippen LogP contribution in [0.4, 0.5) is 22.0 Å². The Bertz CT molecular complexity index is 1150. The fourth-order valence-electron chi connectivity index (χ4n) is 4.22. The largest absolute Gasteiger partial charge is 0.396 e. The van der Waals surface area contributed by atoms with Crippen LogP contribution in [0.25, 0.3) is 0 Å². The molecular formula is C38H59F5OS2. The van der Waals surface area contributed by atoms with Gasteiger partial charge in [-0.05, 0) is 87.6 Å². The average Bonchev–Trinajstić information content (AvgIpc) is 3.59. The van der Waals surface area contributed by atoms with E-state index in [-0.39, 0.29) is 6.42 Å². The topological polar surface area (TPSA) is 20.2 Å². The van der Waals surface area contributed by atoms with E-state index in [1.807, 2.05) is 11.3 Å². The van der Waals surface area contributed by atoms with Gasteiger partial charge in [-0.1, -0.05) is 102 Å². The first kappa shape index (κ1) is 44.2. The van der Waals surface area contributed by atoms with Crippen molar-refractivity contribution in [2.75, 3.05) is 6.61 Å². The van der Waals surface area contributed by atoms with E-state index in [0.717, 1.165) is 6.42 Å². The second-order valence-electron chi connectivity index (χ2n) is 16.6. The molecule has 0 aliphatic heterocycles. The van der Waals surface area contributed by atoms with E-state index in [1.165, 1.54) is 42.5 Å². The predicted octanol–water partition coefficient (Wildman–Crippen LogP) is 13.2. The monoisotopic (exact) mass is 690 g/mol. The molecule has 0 saturated heterocycles. The molecule has 1 nitrogen and oxygen atoms in total. The molecule has 1 aromatic carbocycles. The number of rotatable bonds is 7. The van der Waals surface area contributed by atoms with Crippen LogP contribution in [0.5, 0.6) is 0 Å². The maximum absolute atomic E-state index is 13.2. The van der Waals surface area contributed by atoms with Crippen molar-refractivity contribution >= 4 is 22.7 Å². The summed E-state index contributed by atoms with van der Waals surface area (Å²) in [4.78, 5) is 1.49. The standard InChI is InChI=1S/C11H11F5.C9H20O.2C9H14S/c1-11(2,3)4-5-6(12)8(14)10(16)9(15)7(5)13;1-9(2,3)7-5-4-6-8-10;1-9(2,3)6-8-4-5-10-7-8;1-9(2,3)7-8-5-4-6-10-8/h4H2,1-3H3;10H,4-8H2,1-3H3;4-5,7H,6H2,1-3H3;4-6H,7H2,1-3H3. The lowest BCUT2D eigenvalue weighted by Gasteiger charge is -2.19. The van der Waals surface area contributed by atoms with Crippen molar-refractivity contribution in [3.8, 4) is 0 Å². The van der Waals surface area contributed by atoms with Crippen LogP contribution in [0.1, 0.15) is 125 Å². The quantitative estimate of drug-likeness (QED) is 0.113. The maximum Gasteiger partial charge on any atom is 0.200 e. The molecule has 0 bridgehead atoms. The number of hydrogen-bond donors (Lipinski definition) is 1. The lowest BCUT2D eigenvalue weighted by Crippen LogP contribution is -2.15. The molecule has 2 heterocycles. The zero-order valence-corrected chi connectivity index (χ0v) is 31.9. The Labute approximate surface area is 284 Å². The van der Waals surface area contributed by atoms with Crippen LogP contribution in [0, 0.1) is 50.7 Å². The number of thiophene rings is 2. The Morgan fingerprint density at radius 1 is 0.565 bits per heavy atom. The van der Waals surface area contributed by atoms with Gasteiger partial charge in [0.2, 0.25) is 5.82 Å². The summed E-state index contributed by atoms with van der Waals surface area (Å²) in [6, 6.07) is 6.53. The van der Waals surface area contributed by atoms with Crippen LogP contribution in [0.15, 0.2) is 34.3 Å². The highest BCUT2D eigenvalue weighted by Gasteiger charge is 2.28. The molecule has 0 fully saturated rings. The van der Waals surface area contributed by atoms with Crippen LogP contribution < -0.4 is 0 Å². The number of aliphatic hydroxyl groups is 1. The third kappa shape index (κ3) is 21.2. The first-order chi connectivity index (χ1) is 20.9. The summed E-state index contributed by atoms with van der Waals surface area (Å²) in [5.41, 5.74) is 1.47. The Hall–Kier alpha value is -1.77. The summed E-state index contributed by atoms with van der Waals surface area (Å²) in [6.07, 6.45) is 6.83. The number of benzene rings is 1. The molecular weight excluding hydrogens is 632 g/mol. The van der Waals surface area contributed by atoms with Crippen molar-refractivity contribution in [1.82, 2.24) is 0 Å². The zero-order chi connectivity index (χ0) is 35.9. The van der Waals surface area contributed by atoms with E-state index in [1.54, 1.807) is 32.1 Å². The van der Waals surface area contributed by atoms with E-state index < -0.39 is 40.1 Å². The highest BCUT2D eigenvalue weighted by molar-refractivity contribution is 7.09. The Morgan fingerprint density at radius 2 is 1.07 bits per heavy atom. The second-order valence-corrected chi connectivity index (χ2v) is 18.4. The summed E-state index contributed by atoms with van der Waals surface area (Å²) in [5, 5.41) is 15.0. The van der Waals surface area contributed by atoms with Gasteiger partial charge < -0.3 is 5.11 Å². The summed E-state index contributed by atoms with van der Waals surface area (Å²) in [5.74, 6) is -9.39. The predicted molar refractivity (Wildman–Crippen MR) is 189 cm³/mol. The Balaban J connectivity index is 0.000000602. The minimum atomic E-state index is -2.12. The van der Waals surface area contributed by atoms with Crippen LogP contribution in [0.2, 0.25) is 0 Å². The van der Waals surface area contributed by atoms with Gasteiger partial charge in [0, 0.05) is 17.0 Å². The molecule has 0 aliphatic carbocycles. The van der Waals surface area contributed by atoms with Crippen molar-refractivity contribution in [1.29, 1.82) is 0 Å². The van der Waals surface area contributed by atoms with Crippen molar-refractivity contribution < 1.29 is 27.1 Å². The first-order valence-corrected chi connectivity index (χ1v) is 17.8. The van der Waals surface area contributed by atoms with Gasteiger partial charge in [0.15, 0.2) is 23.3 Å². The van der Waals surface area contributed by atoms with E-state index in [4.69, 9.17) is 5.11 Å². The fraction of sp³-hybridized carbons (Fsp3) is 0.632. The second kappa shape index (κ2) is 19.9. The van der Waals surface area contributed by atoms with Crippen molar-refractivity contribution in [2.45, 2.75) is 128 Å². The number of aliphatic hydroxyl groups excluding tert-OH is 1. The molecule has 0 aliphatic rings. The van der Waals surface area contributed by atoms with E-state index in [0.29, 0.717) is 22.9 Å². The average molecular weight is 691 g/mol. The highest BCUT2D eigenvalue weighted by atomic mass is 32.1. The van der Waals surface area contributed by atoms with Crippen LogP contribution in [0.3, 0.4) is 0 Å². The normalized spacial score (nSPS) is 12.0. The molecule has 0 spiro atoms. The van der Waals surface area contributed by atoms with Crippen LogP contribution >= 0.6 is 22.7 Å². The zero-order valence-electron chi connectivity index (χ0n) is 30.3. The van der Waals surface area contributed by atoms with E-state index in [2.05, 4.69) is 96.7 Å². The van der Waals surface area contributed by atoms with Gasteiger partial charge in [0.1, 0.15) is 0 Å². The van der Waals surface area contributed by atoms with Gasteiger partial charge in [0.05, 0.1) is 0 Å². The summed E-state index contributed by atoms with van der Waals surface area (Å²) >= 11 is 3.63. The van der Waals surface area contributed by atoms with Crippen LogP contribution in [-0.2, 0) is 19.3 Å². The van der Waals surface area contributed by atoms with Crippen molar-refractivity contribution in [3.05, 3.63) is 79.4 Å². The summed E-state index contributed by atoms with van der Waals surface area (Å²) in [6.45, 7) is 25.7. The molecule has 264 valence electrons. The SMILES string of the molecule is CC(C)(C)CCCCCO.CC(C)(C)Cc1c(F)c(F)c(F)c(F)c1F.CC(C)(C)Cc1cccs1.CC(C)(C)Cc1ccsc1. The first-order valence-electron chi connectivity index (χ1n) is 16.0. The fourth-order valence-corrected chi connectivity index (χ4v) is 5.90. The smallest absolute Gasteiger partial charge is 0.200 e. The number of hydrogen-bond acceptors (Lipinski definition) is 3. The van der Waals surface area contributed by atoms with E-state index in [9.17, 15) is 22.0 Å². The minimum absolute atomic E-state index is 0.223. The lowest BCUT2D eigenvalue weighted by molar-refractivity contribution is 0.275. The Morgan fingerprint density at radius 3 is 1.43 bits per heavy atom. The van der Waals surface area contributed by atoms with Gasteiger partial charge >= 0.3 is 0 Å². The third-order valence-corrected chi connectivity index (χ3v) is 7.80. The Kier molecular flexibility index (Phi) is 19.1. The molecule has 46 heavy (non-hydrogen) atoms. The summed E-state index contributed by atoms with van der Waals surface area (Å²) in [7, 11) is 0. The molecule has 0 radical (unpaired) electrons. The molecule has 1 N–H and O–H groups in total. The maximum atomic E-state index is 13.2. The molecule has 2 aromatic heterocycles. The molecule has 0 atom stereocenters. The van der Waals surface area contributed by atoms with E-state index >= 15 is 0 Å². The van der Waals surface area contributed by atoms with Crippen LogP contribution in [-0.4, -0.2) is 11.7 Å². The minimum Gasteiger partial charge on any atom is -0.396 e. The molecule has 0 amide bonds. The van der Waals surface area contributed by atoms with Crippen molar-refractivity contribution in [3.63, 3.8) is 0 Å². The third-order valence-electron chi connectivity index (χ3n) is 6.19. The van der Waals surface area contributed by atoms with Gasteiger partial charge in [-0.2, -0.15) is 11.3 Å². The van der Waals surface area contributed by atoms with Gasteiger partial charge in [-0.25, -0.2) is 22.0 Å². The van der Waals surface area contributed by atoms with Gasteiger partial charge in [-0.3, -0.25) is 0 Å². The van der Waals surface area contributed by atoms with Gasteiger partial charge in [0.25, 0.3) is 0 Å². The molecule has 3 aromatic rings. The molecule has 3 rings (SSSR count). The molecule has 0 unspecified atom stereocenters. The summed E-state index contributed by atoms with van der Waals surface area (Å²) < 4.78 is 64.8. The number of unbranched alkanes of at least 4 members (excludes halogenated alkanes) is 2. The molecule has 8 heteroatoms. The molecule has 0 saturated carbocycles. The van der Waals surface area contributed by atoms with Gasteiger partial charge in [-0.15, -0.1) is 11.3 Å². The van der Waals surface area contributed by atoms with Crippen molar-refractivity contribution in [2.24, 2.45) is 21.7 Å².